The number of carbonyl (C=O) groups is 2. The minimum atomic E-state index is -1.02. The molecule has 2 fully saturated rings. The van der Waals surface area contributed by atoms with Gasteiger partial charge in [-0.3, -0.25) is 10.1 Å². The molecule has 1 aliphatic carbocycles. The van der Waals surface area contributed by atoms with Crippen molar-refractivity contribution in [2.45, 2.75) is 63.1 Å². The molecule has 33 heavy (non-hydrogen) atoms. The summed E-state index contributed by atoms with van der Waals surface area (Å²) in [7, 11) is 0. The van der Waals surface area contributed by atoms with Gasteiger partial charge in [0.15, 0.2) is 0 Å². The second kappa shape index (κ2) is 11.5. The van der Waals surface area contributed by atoms with Crippen molar-refractivity contribution in [2.75, 3.05) is 18.4 Å². The Balaban J connectivity index is 1.35. The van der Waals surface area contributed by atoms with Gasteiger partial charge < -0.3 is 15.0 Å². The lowest BCUT2D eigenvalue weighted by atomic mass is 9.92. The van der Waals surface area contributed by atoms with E-state index in [1.165, 1.54) is 32.1 Å². The molecule has 0 radical (unpaired) electrons. The van der Waals surface area contributed by atoms with E-state index in [0.717, 1.165) is 25.9 Å². The fraction of sp³-hybridized carbons (Fsp3) is 0.462. The molecule has 4 rings (SSSR count). The summed E-state index contributed by atoms with van der Waals surface area (Å²) in [4.78, 5) is 28.3. The molecule has 0 aromatic heterocycles. The summed E-state index contributed by atoms with van der Waals surface area (Å²) in [6.07, 6.45) is 6.73. The van der Waals surface area contributed by atoms with Crippen molar-refractivity contribution in [1.29, 1.82) is 0 Å². The van der Waals surface area contributed by atoms with Gasteiger partial charge in [0.05, 0.1) is 0 Å². The highest BCUT2D eigenvalue weighted by atomic mass is 35.5. The van der Waals surface area contributed by atoms with Gasteiger partial charge in [0, 0.05) is 41.4 Å². The molecule has 7 heteroatoms. The van der Waals surface area contributed by atoms with Gasteiger partial charge >= 0.3 is 6.09 Å². The Labute approximate surface area is 200 Å². The molecule has 176 valence electrons. The molecule has 1 saturated heterocycles. The van der Waals surface area contributed by atoms with Crippen LogP contribution in [0.5, 0.6) is 0 Å². The van der Waals surface area contributed by atoms with Crippen molar-refractivity contribution >= 4 is 29.3 Å². The number of likely N-dealkylation sites (tertiary alicyclic amines) is 1. The summed E-state index contributed by atoms with van der Waals surface area (Å²) in [5.74, 6) is -0.288. The van der Waals surface area contributed by atoms with Crippen LogP contribution in [0.25, 0.3) is 0 Å². The van der Waals surface area contributed by atoms with Crippen LogP contribution in [-0.4, -0.2) is 42.1 Å². The number of piperidine rings is 1. The third-order valence-electron chi connectivity index (χ3n) is 6.62. The van der Waals surface area contributed by atoms with Gasteiger partial charge in [0.2, 0.25) is 6.10 Å². The summed E-state index contributed by atoms with van der Waals surface area (Å²) in [5, 5.41) is 6.37. The van der Waals surface area contributed by atoms with Gasteiger partial charge in [-0.1, -0.05) is 61.2 Å². The zero-order chi connectivity index (χ0) is 23.0. The van der Waals surface area contributed by atoms with E-state index in [9.17, 15) is 9.59 Å². The number of amides is 2. The maximum Gasteiger partial charge on any atom is 0.412 e. The van der Waals surface area contributed by atoms with E-state index in [0.29, 0.717) is 22.3 Å². The van der Waals surface area contributed by atoms with E-state index in [4.69, 9.17) is 16.3 Å². The van der Waals surface area contributed by atoms with Crippen molar-refractivity contribution in [3.63, 3.8) is 0 Å². The number of anilines is 1. The number of nitrogens with zero attached hydrogens (tertiary/aromatic N) is 1. The van der Waals surface area contributed by atoms with Crippen molar-refractivity contribution in [1.82, 2.24) is 10.2 Å². The van der Waals surface area contributed by atoms with Gasteiger partial charge in [-0.05, 0) is 49.9 Å². The first-order valence-electron chi connectivity index (χ1n) is 11.9. The summed E-state index contributed by atoms with van der Waals surface area (Å²) in [6.45, 7) is 2.01. The molecular weight excluding hydrogens is 438 g/mol. The summed E-state index contributed by atoms with van der Waals surface area (Å²) in [6, 6.07) is 16.6. The average Bonchev–Trinajstić information content (AvgIpc) is 2.85. The van der Waals surface area contributed by atoms with E-state index in [-0.39, 0.29) is 11.9 Å². The quantitative estimate of drug-likeness (QED) is 0.582. The lowest BCUT2D eigenvalue weighted by Gasteiger charge is -2.39. The predicted molar refractivity (Wildman–Crippen MR) is 130 cm³/mol. The van der Waals surface area contributed by atoms with Gasteiger partial charge in [-0.25, -0.2) is 4.79 Å². The summed E-state index contributed by atoms with van der Waals surface area (Å²) < 4.78 is 5.58. The number of ether oxygens (including phenoxy) is 1. The molecule has 1 saturated carbocycles. The normalized spacial score (nSPS) is 18.9. The predicted octanol–water partition coefficient (Wildman–Crippen LogP) is 5.54. The number of halogens is 1. The zero-order valence-corrected chi connectivity index (χ0v) is 19.6. The molecule has 6 nitrogen and oxygen atoms in total. The molecule has 1 unspecified atom stereocenters. The van der Waals surface area contributed by atoms with Crippen LogP contribution in [0, 0.1) is 0 Å². The van der Waals surface area contributed by atoms with E-state index >= 15 is 0 Å². The second-order valence-electron chi connectivity index (χ2n) is 8.94. The molecule has 2 N–H and O–H groups in total. The third-order valence-corrected chi connectivity index (χ3v) is 6.87. The average molecular weight is 470 g/mol. The van der Waals surface area contributed by atoms with Crippen LogP contribution in [0.3, 0.4) is 0 Å². The highest BCUT2D eigenvalue weighted by Gasteiger charge is 2.30. The zero-order valence-electron chi connectivity index (χ0n) is 18.8. The number of hydrogen-bond donors (Lipinski definition) is 2. The summed E-state index contributed by atoms with van der Waals surface area (Å²) in [5.41, 5.74) is 1.19. The SMILES string of the molecule is O=C(Nc1ccc(Cl)cc1)OC(C(=O)NC1CCN(C2CCCCC2)CC1)c1ccccc1. The molecule has 2 aromatic rings. The second-order valence-corrected chi connectivity index (χ2v) is 9.38. The van der Waals surface area contributed by atoms with E-state index < -0.39 is 12.2 Å². The molecule has 2 amide bonds. The van der Waals surface area contributed by atoms with Crippen LogP contribution in [0.1, 0.15) is 56.6 Å². The lowest BCUT2D eigenvalue weighted by Crippen LogP contribution is -2.49. The smallest absolute Gasteiger partial charge is 0.412 e. The van der Waals surface area contributed by atoms with Crippen LogP contribution in [0.2, 0.25) is 5.02 Å². The maximum absolute atomic E-state index is 13.2. The number of nitrogens with one attached hydrogen (secondary N) is 2. The largest absolute Gasteiger partial charge is 0.431 e. The Morgan fingerprint density at radius 2 is 1.58 bits per heavy atom. The number of rotatable bonds is 6. The van der Waals surface area contributed by atoms with Crippen LogP contribution in [-0.2, 0) is 9.53 Å². The van der Waals surface area contributed by atoms with E-state index in [2.05, 4.69) is 15.5 Å². The highest BCUT2D eigenvalue weighted by molar-refractivity contribution is 6.30. The number of hydrogen-bond acceptors (Lipinski definition) is 4. The number of benzene rings is 2. The van der Waals surface area contributed by atoms with Crippen LogP contribution >= 0.6 is 11.6 Å². The third kappa shape index (κ3) is 6.71. The van der Waals surface area contributed by atoms with Gasteiger partial charge in [0.25, 0.3) is 5.91 Å². The Bertz CT molecular complexity index is 908. The fourth-order valence-electron chi connectivity index (χ4n) is 4.82. The Morgan fingerprint density at radius 1 is 0.909 bits per heavy atom. The Kier molecular flexibility index (Phi) is 8.24. The van der Waals surface area contributed by atoms with Crippen molar-refractivity contribution in [3.8, 4) is 0 Å². The van der Waals surface area contributed by atoms with Crippen molar-refractivity contribution in [3.05, 3.63) is 65.2 Å². The van der Waals surface area contributed by atoms with Gasteiger partial charge in [0.1, 0.15) is 0 Å². The van der Waals surface area contributed by atoms with Crippen molar-refractivity contribution < 1.29 is 14.3 Å². The summed E-state index contributed by atoms with van der Waals surface area (Å²) >= 11 is 5.90. The molecule has 0 spiro atoms. The minimum Gasteiger partial charge on any atom is -0.431 e. The standard InChI is InChI=1S/C26H32ClN3O3/c27-20-11-13-21(14-12-20)29-26(32)33-24(19-7-3-1-4-8-19)25(31)28-22-15-17-30(18-16-22)23-9-5-2-6-10-23/h1,3-4,7-8,11-14,22-24H,2,5-6,9-10,15-18H2,(H,28,31)(H,29,32). The van der Waals surface area contributed by atoms with Crippen molar-refractivity contribution in [2.24, 2.45) is 0 Å². The monoisotopic (exact) mass is 469 g/mol. The highest BCUT2D eigenvalue weighted by Crippen LogP contribution is 2.26. The first-order chi connectivity index (χ1) is 16.1. The topological polar surface area (TPSA) is 70.7 Å². The molecule has 2 aliphatic rings. The maximum atomic E-state index is 13.2. The van der Waals surface area contributed by atoms with Crippen LogP contribution < -0.4 is 10.6 Å². The van der Waals surface area contributed by atoms with Crippen LogP contribution in [0.4, 0.5) is 10.5 Å². The fourth-order valence-corrected chi connectivity index (χ4v) is 4.95. The minimum absolute atomic E-state index is 0.0893. The van der Waals surface area contributed by atoms with E-state index in [1.54, 1.807) is 36.4 Å². The first-order valence-corrected chi connectivity index (χ1v) is 12.3. The number of carbonyl (C=O) groups excluding carboxylic acids is 2. The van der Waals surface area contributed by atoms with E-state index in [1.807, 2.05) is 18.2 Å². The Hall–Kier alpha value is -2.57. The molecule has 1 atom stereocenters. The molecule has 2 aromatic carbocycles. The van der Waals surface area contributed by atoms with Gasteiger partial charge in [-0.15, -0.1) is 0 Å². The molecule has 0 bridgehead atoms. The first kappa shape index (κ1) is 23.6. The lowest BCUT2D eigenvalue weighted by molar-refractivity contribution is -0.130. The molecule has 1 aliphatic heterocycles. The molecule has 1 heterocycles. The Morgan fingerprint density at radius 3 is 2.24 bits per heavy atom. The molecular formula is C26H32ClN3O3. The van der Waals surface area contributed by atoms with Gasteiger partial charge in [-0.2, -0.15) is 0 Å². The van der Waals surface area contributed by atoms with Crippen LogP contribution in [0.15, 0.2) is 54.6 Å².